The van der Waals surface area contributed by atoms with Gasteiger partial charge in [0.2, 0.25) is 5.91 Å². The lowest BCUT2D eigenvalue weighted by Crippen LogP contribution is -2.22. The summed E-state index contributed by atoms with van der Waals surface area (Å²) >= 11 is 0. The molecule has 134 valence electrons. The fourth-order valence-corrected chi connectivity index (χ4v) is 2.71. The minimum Gasteiger partial charge on any atom is -0.493 e. The summed E-state index contributed by atoms with van der Waals surface area (Å²) in [4.78, 5) is 16.6. The van der Waals surface area contributed by atoms with E-state index < -0.39 is 0 Å². The number of hydrogen-bond acceptors (Lipinski definition) is 4. The molecule has 1 amide bonds. The molecule has 0 spiro atoms. The Morgan fingerprint density at radius 2 is 1.92 bits per heavy atom. The average molecular weight is 351 g/mol. The fraction of sp³-hybridized carbons (Fsp3) is 0.200. The molecular formula is C20H21N3O3. The second-order valence-electron chi connectivity index (χ2n) is 5.74. The zero-order chi connectivity index (χ0) is 18.5. The summed E-state index contributed by atoms with van der Waals surface area (Å²) in [5, 5.41) is 2.86. The predicted molar refractivity (Wildman–Crippen MR) is 101 cm³/mol. The van der Waals surface area contributed by atoms with Crippen LogP contribution >= 0.6 is 0 Å². The molecule has 3 aromatic rings. The van der Waals surface area contributed by atoms with Crippen LogP contribution in [0.4, 0.5) is 0 Å². The van der Waals surface area contributed by atoms with Crippen molar-refractivity contribution < 1.29 is 14.3 Å². The summed E-state index contributed by atoms with van der Waals surface area (Å²) in [6.07, 6.45) is 3.22. The molecule has 6 heteroatoms. The SMILES string of the molecule is COc1ccc(/C=C/C(=O)NCc2nc3ccccc3n2C)cc1OC. The van der Waals surface area contributed by atoms with Crippen LogP contribution in [0.5, 0.6) is 11.5 Å². The Balaban J connectivity index is 1.65. The van der Waals surface area contributed by atoms with Crippen molar-refractivity contribution in [3.63, 3.8) is 0 Å². The number of aromatic nitrogens is 2. The average Bonchev–Trinajstić information content (AvgIpc) is 3.00. The van der Waals surface area contributed by atoms with Crippen LogP contribution in [0.3, 0.4) is 0 Å². The van der Waals surface area contributed by atoms with E-state index >= 15 is 0 Å². The monoisotopic (exact) mass is 351 g/mol. The van der Waals surface area contributed by atoms with Crippen molar-refractivity contribution >= 4 is 23.0 Å². The Labute approximate surface area is 152 Å². The van der Waals surface area contributed by atoms with E-state index in [-0.39, 0.29) is 5.91 Å². The number of benzene rings is 2. The third-order valence-electron chi connectivity index (χ3n) is 4.14. The normalized spacial score (nSPS) is 11.0. The van der Waals surface area contributed by atoms with Gasteiger partial charge in [0, 0.05) is 13.1 Å². The Morgan fingerprint density at radius 1 is 1.15 bits per heavy atom. The highest BCUT2D eigenvalue weighted by Gasteiger charge is 2.08. The van der Waals surface area contributed by atoms with Crippen LogP contribution in [0.15, 0.2) is 48.5 Å². The van der Waals surface area contributed by atoms with Crippen molar-refractivity contribution in [2.75, 3.05) is 14.2 Å². The molecule has 0 bridgehead atoms. The molecule has 0 aliphatic heterocycles. The molecule has 0 aliphatic rings. The predicted octanol–water partition coefficient (Wildman–Crippen LogP) is 2.92. The van der Waals surface area contributed by atoms with Gasteiger partial charge in [-0.2, -0.15) is 0 Å². The summed E-state index contributed by atoms with van der Waals surface area (Å²) in [7, 11) is 5.10. The summed E-state index contributed by atoms with van der Waals surface area (Å²) in [5.41, 5.74) is 2.80. The number of ether oxygens (including phenoxy) is 2. The lowest BCUT2D eigenvalue weighted by Gasteiger charge is -2.07. The number of carbonyl (C=O) groups is 1. The Morgan fingerprint density at radius 3 is 2.65 bits per heavy atom. The maximum atomic E-state index is 12.1. The van der Waals surface area contributed by atoms with E-state index in [0.29, 0.717) is 18.0 Å². The molecule has 1 aromatic heterocycles. The number of nitrogens with one attached hydrogen (secondary N) is 1. The van der Waals surface area contributed by atoms with E-state index in [1.807, 2.05) is 48.0 Å². The van der Waals surface area contributed by atoms with E-state index in [4.69, 9.17) is 9.47 Å². The second-order valence-corrected chi connectivity index (χ2v) is 5.74. The number of fused-ring (bicyclic) bond motifs is 1. The maximum absolute atomic E-state index is 12.1. The van der Waals surface area contributed by atoms with Gasteiger partial charge in [-0.05, 0) is 35.9 Å². The van der Waals surface area contributed by atoms with Crippen molar-refractivity contribution in [1.82, 2.24) is 14.9 Å². The molecule has 0 aliphatic carbocycles. The van der Waals surface area contributed by atoms with Crippen molar-refractivity contribution in [3.05, 3.63) is 59.9 Å². The number of nitrogens with zero attached hydrogens (tertiary/aromatic N) is 2. The molecule has 0 saturated carbocycles. The zero-order valence-corrected chi connectivity index (χ0v) is 15.0. The standard InChI is InChI=1S/C20H21N3O3/c1-23-16-7-5-4-6-15(16)22-19(23)13-21-20(24)11-9-14-8-10-17(25-2)18(12-14)26-3/h4-12H,13H2,1-3H3,(H,21,24)/b11-9+. The van der Waals surface area contributed by atoms with E-state index in [9.17, 15) is 4.79 Å². The summed E-state index contributed by atoms with van der Waals surface area (Å²) < 4.78 is 12.4. The van der Waals surface area contributed by atoms with Crippen LogP contribution in [0.25, 0.3) is 17.1 Å². The summed E-state index contributed by atoms with van der Waals surface area (Å²) in [6.45, 7) is 0.361. The van der Waals surface area contributed by atoms with Crippen LogP contribution in [0, 0.1) is 0 Å². The fourth-order valence-electron chi connectivity index (χ4n) is 2.71. The van der Waals surface area contributed by atoms with Gasteiger partial charge >= 0.3 is 0 Å². The summed E-state index contributed by atoms with van der Waals surface area (Å²) in [5.74, 6) is 1.89. The summed E-state index contributed by atoms with van der Waals surface area (Å²) in [6, 6.07) is 13.4. The number of carbonyl (C=O) groups excluding carboxylic acids is 1. The first-order valence-electron chi connectivity index (χ1n) is 8.20. The largest absolute Gasteiger partial charge is 0.493 e. The van der Waals surface area contributed by atoms with Crippen LogP contribution in [-0.4, -0.2) is 29.7 Å². The van der Waals surface area contributed by atoms with Gasteiger partial charge < -0.3 is 19.4 Å². The lowest BCUT2D eigenvalue weighted by atomic mass is 10.2. The highest BCUT2D eigenvalue weighted by Crippen LogP contribution is 2.27. The number of rotatable bonds is 6. The van der Waals surface area contributed by atoms with Crippen LogP contribution in [0.2, 0.25) is 0 Å². The first kappa shape index (κ1) is 17.5. The van der Waals surface area contributed by atoms with Gasteiger partial charge in [0.1, 0.15) is 5.82 Å². The van der Waals surface area contributed by atoms with Gasteiger partial charge in [-0.15, -0.1) is 0 Å². The second kappa shape index (κ2) is 7.74. The number of para-hydroxylation sites is 2. The van der Waals surface area contributed by atoms with Crippen LogP contribution < -0.4 is 14.8 Å². The van der Waals surface area contributed by atoms with E-state index in [1.54, 1.807) is 26.4 Å². The quantitative estimate of drug-likeness (QED) is 0.694. The first-order chi connectivity index (χ1) is 12.6. The molecule has 0 atom stereocenters. The number of methoxy groups -OCH3 is 2. The molecular weight excluding hydrogens is 330 g/mol. The van der Waals surface area contributed by atoms with Crippen molar-refractivity contribution in [2.24, 2.45) is 7.05 Å². The molecule has 0 unspecified atom stereocenters. The van der Waals surface area contributed by atoms with Crippen molar-refractivity contribution in [3.8, 4) is 11.5 Å². The molecule has 0 fully saturated rings. The Kier molecular flexibility index (Phi) is 5.22. The number of imidazole rings is 1. The van der Waals surface area contributed by atoms with E-state index in [2.05, 4.69) is 10.3 Å². The van der Waals surface area contributed by atoms with Gasteiger partial charge in [0.15, 0.2) is 11.5 Å². The molecule has 26 heavy (non-hydrogen) atoms. The highest BCUT2D eigenvalue weighted by atomic mass is 16.5. The van der Waals surface area contributed by atoms with Crippen molar-refractivity contribution in [1.29, 1.82) is 0 Å². The molecule has 3 rings (SSSR count). The zero-order valence-electron chi connectivity index (χ0n) is 15.0. The minimum absolute atomic E-state index is 0.188. The topological polar surface area (TPSA) is 65.4 Å². The van der Waals surface area contributed by atoms with Gasteiger partial charge in [0.05, 0.1) is 31.8 Å². The van der Waals surface area contributed by atoms with Crippen molar-refractivity contribution in [2.45, 2.75) is 6.54 Å². The maximum Gasteiger partial charge on any atom is 0.244 e. The third kappa shape index (κ3) is 3.69. The van der Waals surface area contributed by atoms with Gasteiger partial charge in [-0.25, -0.2) is 4.98 Å². The smallest absolute Gasteiger partial charge is 0.244 e. The van der Waals surface area contributed by atoms with E-state index in [0.717, 1.165) is 22.4 Å². The number of aryl methyl sites for hydroxylation is 1. The van der Waals surface area contributed by atoms with Gasteiger partial charge in [-0.3, -0.25) is 4.79 Å². The lowest BCUT2D eigenvalue weighted by molar-refractivity contribution is -0.116. The molecule has 2 aromatic carbocycles. The Bertz CT molecular complexity index is 960. The highest BCUT2D eigenvalue weighted by molar-refractivity contribution is 5.91. The minimum atomic E-state index is -0.188. The van der Waals surface area contributed by atoms with Gasteiger partial charge in [-0.1, -0.05) is 18.2 Å². The number of amides is 1. The van der Waals surface area contributed by atoms with E-state index in [1.165, 1.54) is 6.08 Å². The van der Waals surface area contributed by atoms with Crippen LogP contribution in [0.1, 0.15) is 11.4 Å². The molecule has 6 nitrogen and oxygen atoms in total. The molecule has 1 N–H and O–H groups in total. The first-order valence-corrected chi connectivity index (χ1v) is 8.20. The third-order valence-corrected chi connectivity index (χ3v) is 4.14. The van der Waals surface area contributed by atoms with Crippen LogP contribution in [-0.2, 0) is 18.4 Å². The van der Waals surface area contributed by atoms with Gasteiger partial charge in [0.25, 0.3) is 0 Å². The molecule has 1 heterocycles. The number of hydrogen-bond donors (Lipinski definition) is 1. The molecule has 0 radical (unpaired) electrons. The Hall–Kier alpha value is -3.28. The molecule has 0 saturated heterocycles.